The maximum absolute atomic E-state index is 10.9. The molecule has 4 rings (SSSR count). The number of fused-ring (bicyclic) bond motifs is 1. The number of carboxylic acid groups (broad SMARTS) is 1. The average molecular weight is 386 g/mol. The van der Waals surface area contributed by atoms with Gasteiger partial charge in [0.05, 0.1) is 23.5 Å². The summed E-state index contributed by atoms with van der Waals surface area (Å²) in [5.74, 6) is -0.304. The smallest absolute Gasteiger partial charge is 0.317 e. The number of benzene rings is 1. The van der Waals surface area contributed by atoms with Gasteiger partial charge in [-0.2, -0.15) is 0 Å². The number of halogens is 1. The summed E-state index contributed by atoms with van der Waals surface area (Å²) in [4.78, 5) is 25.1. The fourth-order valence-corrected chi connectivity index (χ4v) is 3.78. The van der Waals surface area contributed by atoms with Gasteiger partial charge in [-0.3, -0.25) is 9.69 Å². The monoisotopic (exact) mass is 385 g/mol. The standard InChI is InChI=1S/C19H20ClN5O2/c20-15-9-22-19(23-12-4-3-7-25(10-12)11-17(26)27)24-18(15)14-8-21-16-6-2-1-5-13(14)16/h1-2,5-6,8-9,12,21H,3-4,7,10-11H2,(H,26,27)(H,22,23,24)/t12-/m1/s1. The zero-order valence-electron chi connectivity index (χ0n) is 14.7. The fraction of sp³-hybridized carbons (Fsp3) is 0.316. The van der Waals surface area contributed by atoms with Crippen molar-refractivity contribution < 1.29 is 9.90 Å². The van der Waals surface area contributed by atoms with Gasteiger partial charge in [0.25, 0.3) is 0 Å². The second-order valence-electron chi connectivity index (χ2n) is 6.75. The van der Waals surface area contributed by atoms with Crippen LogP contribution in [0.15, 0.2) is 36.7 Å². The molecule has 0 unspecified atom stereocenters. The van der Waals surface area contributed by atoms with Gasteiger partial charge >= 0.3 is 5.97 Å². The lowest BCUT2D eigenvalue weighted by Gasteiger charge is -2.32. The number of anilines is 1. The highest BCUT2D eigenvalue weighted by Gasteiger charge is 2.22. The topological polar surface area (TPSA) is 94.1 Å². The summed E-state index contributed by atoms with van der Waals surface area (Å²) in [6, 6.07) is 8.09. The van der Waals surface area contributed by atoms with Crippen LogP contribution in [0.2, 0.25) is 5.02 Å². The Kier molecular flexibility index (Phi) is 4.96. The van der Waals surface area contributed by atoms with E-state index in [4.69, 9.17) is 16.7 Å². The molecular weight excluding hydrogens is 366 g/mol. The maximum atomic E-state index is 10.9. The molecule has 3 aromatic rings. The highest BCUT2D eigenvalue weighted by atomic mass is 35.5. The van der Waals surface area contributed by atoms with E-state index in [-0.39, 0.29) is 12.6 Å². The Labute approximate surface area is 161 Å². The molecule has 1 aliphatic rings. The van der Waals surface area contributed by atoms with E-state index >= 15 is 0 Å². The van der Waals surface area contributed by atoms with Crippen LogP contribution in [0.3, 0.4) is 0 Å². The lowest BCUT2D eigenvalue weighted by molar-refractivity contribution is -0.138. The van der Waals surface area contributed by atoms with Crippen LogP contribution in [0.1, 0.15) is 12.8 Å². The van der Waals surface area contributed by atoms with E-state index in [1.807, 2.05) is 35.4 Å². The van der Waals surface area contributed by atoms with Crippen molar-refractivity contribution in [1.29, 1.82) is 0 Å². The second kappa shape index (κ2) is 7.54. The van der Waals surface area contributed by atoms with Gasteiger partial charge < -0.3 is 15.4 Å². The van der Waals surface area contributed by atoms with Gasteiger partial charge in [-0.25, -0.2) is 9.97 Å². The van der Waals surface area contributed by atoms with E-state index in [2.05, 4.69) is 20.3 Å². The van der Waals surface area contributed by atoms with Gasteiger partial charge in [-0.1, -0.05) is 29.8 Å². The molecule has 2 aromatic heterocycles. The van der Waals surface area contributed by atoms with Crippen molar-refractivity contribution in [2.45, 2.75) is 18.9 Å². The fourth-order valence-electron chi connectivity index (χ4n) is 3.58. The molecular formula is C19H20ClN5O2. The van der Waals surface area contributed by atoms with Crippen molar-refractivity contribution >= 4 is 34.4 Å². The number of hydrogen-bond donors (Lipinski definition) is 3. The average Bonchev–Trinajstić information content (AvgIpc) is 3.07. The van der Waals surface area contributed by atoms with Crippen molar-refractivity contribution in [1.82, 2.24) is 19.9 Å². The van der Waals surface area contributed by atoms with E-state index < -0.39 is 5.97 Å². The Balaban J connectivity index is 1.57. The number of aromatic amines is 1. The van der Waals surface area contributed by atoms with Crippen LogP contribution in [-0.4, -0.2) is 56.6 Å². The molecule has 1 aromatic carbocycles. The van der Waals surface area contributed by atoms with E-state index in [0.717, 1.165) is 35.9 Å². The third kappa shape index (κ3) is 3.89. The number of carbonyl (C=O) groups is 1. The predicted octanol–water partition coefficient (Wildman–Crippen LogP) is 3.24. The van der Waals surface area contributed by atoms with Crippen LogP contribution in [0.5, 0.6) is 0 Å². The minimum atomic E-state index is -0.806. The minimum Gasteiger partial charge on any atom is -0.480 e. The minimum absolute atomic E-state index is 0.0558. The molecule has 0 saturated carbocycles. The lowest BCUT2D eigenvalue weighted by Crippen LogP contribution is -2.44. The SMILES string of the molecule is O=C(O)CN1CCC[C@@H](Nc2ncc(Cl)c(-c3c[nH]c4ccccc34)n2)C1. The normalized spacial score (nSPS) is 17.9. The molecule has 140 valence electrons. The van der Waals surface area contributed by atoms with Gasteiger partial charge in [-0.15, -0.1) is 0 Å². The van der Waals surface area contributed by atoms with Crippen molar-refractivity contribution in [3.63, 3.8) is 0 Å². The lowest BCUT2D eigenvalue weighted by atomic mass is 10.1. The van der Waals surface area contributed by atoms with E-state index in [1.54, 1.807) is 6.20 Å². The van der Waals surface area contributed by atoms with E-state index in [0.29, 0.717) is 23.2 Å². The molecule has 27 heavy (non-hydrogen) atoms. The summed E-state index contributed by atoms with van der Waals surface area (Å²) in [6.07, 6.45) is 5.39. The Hall–Kier alpha value is -2.64. The van der Waals surface area contributed by atoms with Crippen molar-refractivity contribution in [2.75, 3.05) is 25.0 Å². The predicted molar refractivity (Wildman–Crippen MR) is 105 cm³/mol. The first-order chi connectivity index (χ1) is 13.1. The third-order valence-corrected chi connectivity index (χ3v) is 5.06. The van der Waals surface area contributed by atoms with Crippen LogP contribution in [0.4, 0.5) is 5.95 Å². The highest BCUT2D eigenvalue weighted by Crippen LogP contribution is 2.32. The first kappa shape index (κ1) is 17.8. The quantitative estimate of drug-likeness (QED) is 0.624. The number of aromatic nitrogens is 3. The molecule has 3 heterocycles. The summed E-state index contributed by atoms with van der Waals surface area (Å²) in [7, 11) is 0. The molecule has 0 aliphatic carbocycles. The highest BCUT2D eigenvalue weighted by molar-refractivity contribution is 6.33. The van der Waals surface area contributed by atoms with Crippen LogP contribution in [0, 0.1) is 0 Å². The number of likely N-dealkylation sites (tertiary alicyclic amines) is 1. The number of para-hydroxylation sites is 1. The number of nitrogens with one attached hydrogen (secondary N) is 2. The second-order valence-corrected chi connectivity index (χ2v) is 7.16. The molecule has 7 nitrogen and oxygen atoms in total. The Morgan fingerprint density at radius 1 is 1.41 bits per heavy atom. The molecule has 0 bridgehead atoms. The Morgan fingerprint density at radius 2 is 2.26 bits per heavy atom. The Morgan fingerprint density at radius 3 is 3.11 bits per heavy atom. The van der Waals surface area contributed by atoms with Gasteiger partial charge in [0.15, 0.2) is 0 Å². The van der Waals surface area contributed by atoms with Crippen molar-refractivity contribution in [3.05, 3.63) is 41.7 Å². The first-order valence-electron chi connectivity index (χ1n) is 8.90. The van der Waals surface area contributed by atoms with Crippen molar-refractivity contribution in [2.24, 2.45) is 0 Å². The van der Waals surface area contributed by atoms with Crippen molar-refractivity contribution in [3.8, 4) is 11.3 Å². The summed E-state index contributed by atoms with van der Waals surface area (Å²) in [5, 5.41) is 13.9. The molecule has 8 heteroatoms. The third-order valence-electron chi connectivity index (χ3n) is 4.79. The molecule has 0 amide bonds. The number of nitrogens with zero attached hydrogens (tertiary/aromatic N) is 3. The summed E-state index contributed by atoms with van der Waals surface area (Å²) in [5.41, 5.74) is 2.62. The zero-order valence-corrected chi connectivity index (χ0v) is 15.4. The molecule has 1 aliphatic heterocycles. The van der Waals surface area contributed by atoms with Crippen LogP contribution >= 0.6 is 11.6 Å². The van der Waals surface area contributed by atoms with Gasteiger partial charge in [0, 0.05) is 35.2 Å². The van der Waals surface area contributed by atoms with Crippen LogP contribution in [-0.2, 0) is 4.79 Å². The number of hydrogen-bond acceptors (Lipinski definition) is 5. The largest absolute Gasteiger partial charge is 0.480 e. The van der Waals surface area contributed by atoms with E-state index in [9.17, 15) is 4.79 Å². The van der Waals surface area contributed by atoms with Gasteiger partial charge in [0.1, 0.15) is 0 Å². The number of rotatable bonds is 5. The van der Waals surface area contributed by atoms with Gasteiger partial charge in [-0.05, 0) is 25.5 Å². The molecule has 1 atom stereocenters. The number of H-pyrrole nitrogens is 1. The van der Waals surface area contributed by atoms with Gasteiger partial charge in [0.2, 0.25) is 5.95 Å². The zero-order chi connectivity index (χ0) is 18.8. The molecule has 1 saturated heterocycles. The molecule has 0 radical (unpaired) electrons. The Bertz CT molecular complexity index is 974. The molecule has 3 N–H and O–H groups in total. The number of aliphatic carboxylic acids is 1. The molecule has 0 spiro atoms. The van der Waals surface area contributed by atoms with E-state index in [1.165, 1.54) is 0 Å². The number of carboxylic acids is 1. The summed E-state index contributed by atoms with van der Waals surface area (Å²) in [6.45, 7) is 1.51. The van der Waals surface area contributed by atoms with Crippen LogP contribution in [0.25, 0.3) is 22.2 Å². The summed E-state index contributed by atoms with van der Waals surface area (Å²) < 4.78 is 0. The maximum Gasteiger partial charge on any atom is 0.317 e. The van der Waals surface area contributed by atoms with Crippen LogP contribution < -0.4 is 5.32 Å². The number of piperidine rings is 1. The molecule has 1 fully saturated rings. The first-order valence-corrected chi connectivity index (χ1v) is 9.27. The summed E-state index contributed by atoms with van der Waals surface area (Å²) >= 11 is 6.37.